The minimum Gasteiger partial charge on any atom is -0.495 e. The Morgan fingerprint density at radius 3 is 2.48 bits per heavy atom. The number of nitrogens with zero attached hydrogens (tertiary/aromatic N) is 1. The number of benzene rings is 2. The van der Waals surface area contributed by atoms with Crippen LogP contribution >= 0.6 is 0 Å². The van der Waals surface area contributed by atoms with Gasteiger partial charge in [0.25, 0.3) is 0 Å². The summed E-state index contributed by atoms with van der Waals surface area (Å²) in [6, 6.07) is 13.7. The molecule has 154 valence electrons. The number of aryl methyl sites for hydroxylation is 2. The molecule has 6 heteroatoms. The molecule has 2 amide bonds. The highest BCUT2D eigenvalue weighted by atomic mass is 16.5. The van der Waals surface area contributed by atoms with Gasteiger partial charge in [0, 0.05) is 24.7 Å². The van der Waals surface area contributed by atoms with E-state index >= 15 is 0 Å². The molecule has 0 radical (unpaired) electrons. The van der Waals surface area contributed by atoms with Crippen LogP contribution in [0.4, 0.5) is 11.4 Å². The lowest BCUT2D eigenvalue weighted by molar-refractivity contribution is -0.119. The third-order valence-electron chi connectivity index (χ3n) is 5.08. The number of rotatable bonds is 9. The van der Waals surface area contributed by atoms with E-state index in [4.69, 9.17) is 4.74 Å². The number of ether oxygens (including phenoxy) is 1. The maximum absolute atomic E-state index is 12.6. The number of hydrogen-bond donors (Lipinski definition) is 2. The van der Waals surface area contributed by atoms with Crippen molar-refractivity contribution in [3.63, 3.8) is 0 Å². The van der Waals surface area contributed by atoms with Crippen LogP contribution in [0.25, 0.3) is 0 Å². The number of carbonyl (C=O) groups is 2. The Morgan fingerprint density at radius 2 is 1.76 bits per heavy atom. The lowest BCUT2D eigenvalue weighted by Crippen LogP contribution is -2.37. The molecule has 2 N–H and O–H groups in total. The summed E-state index contributed by atoms with van der Waals surface area (Å²) in [6.45, 7) is 4.83. The van der Waals surface area contributed by atoms with Crippen LogP contribution in [0.3, 0.4) is 0 Å². The standard InChI is InChI=1S/C23H29N3O3/c1-16-8-9-17(2)20(14-16)25-23(28)15-26(18-10-11-18)13-12-22(27)24-19-6-4-5-7-21(19)29-3/h4-9,14,18H,10-13,15H2,1-3H3,(H,24,27)(H,25,28). The quantitative estimate of drug-likeness (QED) is 0.679. The average Bonchev–Trinajstić information content (AvgIpc) is 3.53. The summed E-state index contributed by atoms with van der Waals surface area (Å²) in [5, 5.41) is 5.90. The highest BCUT2D eigenvalue weighted by Crippen LogP contribution is 2.27. The van der Waals surface area contributed by atoms with Gasteiger partial charge in [0.2, 0.25) is 11.8 Å². The second-order valence-corrected chi connectivity index (χ2v) is 7.57. The Labute approximate surface area is 172 Å². The van der Waals surface area contributed by atoms with Crippen LogP contribution in [0.5, 0.6) is 5.75 Å². The summed E-state index contributed by atoms with van der Waals surface area (Å²) < 4.78 is 5.27. The van der Waals surface area contributed by atoms with Crippen molar-refractivity contribution >= 4 is 23.2 Å². The summed E-state index contributed by atoms with van der Waals surface area (Å²) in [5.74, 6) is 0.499. The Morgan fingerprint density at radius 1 is 1.03 bits per heavy atom. The molecule has 1 aliphatic rings. The summed E-state index contributed by atoms with van der Waals surface area (Å²) in [6.07, 6.45) is 2.47. The highest BCUT2D eigenvalue weighted by molar-refractivity contribution is 5.94. The van der Waals surface area contributed by atoms with E-state index < -0.39 is 0 Å². The molecular weight excluding hydrogens is 366 g/mol. The molecule has 29 heavy (non-hydrogen) atoms. The predicted molar refractivity (Wildman–Crippen MR) is 115 cm³/mol. The molecular formula is C23H29N3O3. The van der Waals surface area contributed by atoms with Gasteiger partial charge in [0.05, 0.1) is 19.3 Å². The molecule has 0 saturated heterocycles. The van der Waals surface area contributed by atoms with Gasteiger partial charge < -0.3 is 15.4 Å². The molecule has 0 heterocycles. The predicted octanol–water partition coefficient (Wildman–Crippen LogP) is 3.74. The first-order chi connectivity index (χ1) is 14.0. The molecule has 0 atom stereocenters. The first kappa shape index (κ1) is 20.9. The Balaban J connectivity index is 1.53. The number of amides is 2. The molecule has 0 aromatic heterocycles. The zero-order valence-electron chi connectivity index (χ0n) is 17.3. The molecule has 2 aromatic carbocycles. The minimum absolute atomic E-state index is 0.0456. The van der Waals surface area contributed by atoms with E-state index in [0.717, 1.165) is 29.7 Å². The van der Waals surface area contributed by atoms with Crippen molar-refractivity contribution in [2.75, 3.05) is 30.8 Å². The molecule has 2 aromatic rings. The topological polar surface area (TPSA) is 70.7 Å². The molecule has 3 rings (SSSR count). The van der Waals surface area contributed by atoms with Crippen molar-refractivity contribution in [3.05, 3.63) is 53.6 Å². The molecule has 1 aliphatic carbocycles. The third-order valence-corrected chi connectivity index (χ3v) is 5.08. The van der Waals surface area contributed by atoms with Gasteiger partial charge in [-0.3, -0.25) is 14.5 Å². The molecule has 0 spiro atoms. The smallest absolute Gasteiger partial charge is 0.238 e. The summed E-state index contributed by atoms with van der Waals surface area (Å²) in [5.41, 5.74) is 3.65. The van der Waals surface area contributed by atoms with Crippen LogP contribution in [0.1, 0.15) is 30.4 Å². The van der Waals surface area contributed by atoms with Gasteiger partial charge in [-0.15, -0.1) is 0 Å². The first-order valence-corrected chi connectivity index (χ1v) is 10.0. The molecule has 6 nitrogen and oxygen atoms in total. The largest absolute Gasteiger partial charge is 0.495 e. The Bertz CT molecular complexity index is 877. The van der Waals surface area contributed by atoms with Gasteiger partial charge in [-0.25, -0.2) is 0 Å². The van der Waals surface area contributed by atoms with Crippen LogP contribution in [-0.2, 0) is 9.59 Å². The maximum atomic E-state index is 12.6. The van der Waals surface area contributed by atoms with Crippen molar-refractivity contribution in [2.45, 2.75) is 39.2 Å². The van der Waals surface area contributed by atoms with E-state index in [1.54, 1.807) is 7.11 Å². The molecule has 1 saturated carbocycles. The van der Waals surface area contributed by atoms with Gasteiger partial charge in [-0.05, 0) is 56.0 Å². The van der Waals surface area contributed by atoms with Crippen LogP contribution in [0.2, 0.25) is 0 Å². The van der Waals surface area contributed by atoms with Gasteiger partial charge in [0.15, 0.2) is 0 Å². The second kappa shape index (κ2) is 9.56. The van der Waals surface area contributed by atoms with E-state index in [1.165, 1.54) is 0 Å². The summed E-state index contributed by atoms with van der Waals surface area (Å²) >= 11 is 0. The number of carbonyl (C=O) groups excluding carboxylic acids is 2. The Hall–Kier alpha value is -2.86. The van der Waals surface area contributed by atoms with E-state index in [9.17, 15) is 9.59 Å². The minimum atomic E-state index is -0.0879. The summed E-state index contributed by atoms with van der Waals surface area (Å²) in [4.78, 5) is 27.1. The average molecular weight is 396 g/mol. The molecule has 0 bridgehead atoms. The number of methoxy groups -OCH3 is 1. The van der Waals surface area contributed by atoms with E-state index in [-0.39, 0.29) is 11.8 Å². The van der Waals surface area contributed by atoms with Crippen molar-refractivity contribution in [3.8, 4) is 5.75 Å². The monoisotopic (exact) mass is 395 g/mol. The van der Waals surface area contributed by atoms with E-state index in [1.807, 2.05) is 56.3 Å². The molecule has 0 unspecified atom stereocenters. The van der Waals surface area contributed by atoms with Gasteiger partial charge in [0.1, 0.15) is 5.75 Å². The number of anilines is 2. The number of nitrogens with one attached hydrogen (secondary N) is 2. The van der Waals surface area contributed by atoms with E-state index in [2.05, 4.69) is 15.5 Å². The molecule has 1 fully saturated rings. The van der Waals surface area contributed by atoms with Crippen molar-refractivity contribution in [1.29, 1.82) is 0 Å². The fourth-order valence-electron chi connectivity index (χ4n) is 3.28. The van der Waals surface area contributed by atoms with Gasteiger partial charge >= 0.3 is 0 Å². The van der Waals surface area contributed by atoms with Crippen LogP contribution in [-0.4, -0.2) is 43.0 Å². The lowest BCUT2D eigenvalue weighted by atomic mass is 10.1. The first-order valence-electron chi connectivity index (χ1n) is 10.0. The Kier molecular flexibility index (Phi) is 6.88. The van der Waals surface area contributed by atoms with Gasteiger partial charge in [-0.1, -0.05) is 24.3 Å². The zero-order valence-corrected chi connectivity index (χ0v) is 17.3. The second-order valence-electron chi connectivity index (χ2n) is 7.57. The summed E-state index contributed by atoms with van der Waals surface area (Å²) in [7, 11) is 1.58. The highest BCUT2D eigenvalue weighted by Gasteiger charge is 2.30. The van der Waals surface area contributed by atoms with Crippen molar-refractivity contribution in [2.24, 2.45) is 0 Å². The van der Waals surface area contributed by atoms with Crippen molar-refractivity contribution in [1.82, 2.24) is 4.90 Å². The van der Waals surface area contributed by atoms with Gasteiger partial charge in [-0.2, -0.15) is 0 Å². The van der Waals surface area contributed by atoms with Crippen LogP contribution < -0.4 is 15.4 Å². The maximum Gasteiger partial charge on any atom is 0.238 e. The number of para-hydroxylation sites is 2. The fourth-order valence-corrected chi connectivity index (χ4v) is 3.28. The van der Waals surface area contributed by atoms with Crippen LogP contribution in [0.15, 0.2) is 42.5 Å². The van der Waals surface area contributed by atoms with Crippen molar-refractivity contribution < 1.29 is 14.3 Å². The third kappa shape index (κ3) is 6.06. The normalized spacial score (nSPS) is 13.2. The fraction of sp³-hybridized carbons (Fsp3) is 0.391. The lowest BCUT2D eigenvalue weighted by Gasteiger charge is -2.21. The zero-order chi connectivity index (χ0) is 20.8. The van der Waals surface area contributed by atoms with E-state index in [0.29, 0.717) is 37.0 Å². The van der Waals surface area contributed by atoms with Crippen LogP contribution in [0, 0.1) is 13.8 Å². The molecule has 0 aliphatic heterocycles. The SMILES string of the molecule is COc1ccccc1NC(=O)CCN(CC(=O)Nc1cc(C)ccc1C)C1CC1. The number of hydrogen-bond acceptors (Lipinski definition) is 4.